The molecule has 0 aliphatic carbocycles. The van der Waals surface area contributed by atoms with Gasteiger partial charge in [0.15, 0.2) is 0 Å². The Morgan fingerprint density at radius 2 is 1.61 bits per heavy atom. The zero-order valence-corrected chi connectivity index (χ0v) is 36.0. The third-order valence-corrected chi connectivity index (χ3v) is 8.65. The van der Waals surface area contributed by atoms with E-state index in [1.807, 2.05) is 81.4 Å². The van der Waals surface area contributed by atoms with Gasteiger partial charge in [-0.25, -0.2) is 9.78 Å². The van der Waals surface area contributed by atoms with Crippen molar-refractivity contribution < 1.29 is 9.59 Å². The van der Waals surface area contributed by atoms with Crippen LogP contribution in [0.25, 0.3) is 34.2 Å². The molecule has 306 valence electrons. The van der Waals surface area contributed by atoms with Crippen LogP contribution in [0.2, 0.25) is 0 Å². The lowest BCUT2D eigenvalue weighted by molar-refractivity contribution is -0.117. The smallest absolute Gasteiger partial charge is 0.321 e. The predicted molar refractivity (Wildman–Crippen MR) is 244 cm³/mol. The van der Waals surface area contributed by atoms with Crippen LogP contribution in [0.5, 0.6) is 0 Å². The van der Waals surface area contributed by atoms with E-state index in [2.05, 4.69) is 114 Å². The molecule has 0 radical (unpaired) electrons. The van der Waals surface area contributed by atoms with Crippen LogP contribution in [-0.2, 0) is 11.3 Å². The number of hydrogen-bond donors (Lipinski definition) is 3. The number of rotatable bonds is 10. The summed E-state index contributed by atoms with van der Waals surface area (Å²) in [5.41, 5.74) is 8.99. The van der Waals surface area contributed by atoms with Gasteiger partial charge in [-0.05, 0) is 70.5 Å². The maximum absolute atomic E-state index is 12.3. The molecule has 1 aromatic heterocycles. The molecule has 1 fully saturated rings. The van der Waals surface area contributed by atoms with Gasteiger partial charge in [0.25, 0.3) is 0 Å². The van der Waals surface area contributed by atoms with E-state index >= 15 is 0 Å². The van der Waals surface area contributed by atoms with Crippen molar-refractivity contribution in [2.75, 3.05) is 47.8 Å². The van der Waals surface area contributed by atoms with Crippen molar-refractivity contribution in [3.8, 4) is 34.7 Å². The fraction of sp³-hybridized carbons (Fsp3) is 0.354. The van der Waals surface area contributed by atoms with Gasteiger partial charge >= 0.3 is 6.03 Å². The maximum atomic E-state index is 12.3. The SMILES string of the molecule is C#CC.C=C(CN(C)C)C(=O)NC.C=C1NC=Cc2nc(-c3ccc(CN4CCC(N(/C=C/C)C(=O)NC)CC4)cc3)c(-c3ccccc3)cc21.C=CCC.CC. The molecular formula is C48H67N7O2. The lowest BCUT2D eigenvalue weighted by Gasteiger charge is -2.36. The van der Waals surface area contributed by atoms with Crippen molar-refractivity contribution in [3.63, 3.8) is 0 Å². The fourth-order valence-electron chi connectivity index (χ4n) is 5.91. The number of hydrogen-bond acceptors (Lipinski definition) is 6. The van der Waals surface area contributed by atoms with E-state index in [9.17, 15) is 9.59 Å². The number of aromatic nitrogens is 1. The quantitative estimate of drug-likeness (QED) is 0.108. The Morgan fingerprint density at radius 1 is 1.02 bits per heavy atom. The number of fused-ring (bicyclic) bond motifs is 1. The largest absolute Gasteiger partial charge is 0.362 e. The number of likely N-dealkylation sites (tertiary alicyclic amines) is 1. The lowest BCUT2D eigenvalue weighted by Crippen LogP contribution is -2.47. The van der Waals surface area contributed by atoms with Gasteiger partial charge in [0, 0.05) is 86.7 Å². The monoisotopic (exact) mass is 774 g/mol. The number of nitrogens with zero attached hydrogens (tertiary/aromatic N) is 4. The molecule has 2 aliphatic rings. The summed E-state index contributed by atoms with van der Waals surface area (Å²) in [6, 6.07) is 21.6. The number of pyridine rings is 1. The fourth-order valence-corrected chi connectivity index (χ4v) is 5.91. The molecule has 0 atom stereocenters. The second-order valence-electron chi connectivity index (χ2n) is 13.2. The van der Waals surface area contributed by atoms with Gasteiger partial charge < -0.3 is 20.9 Å². The predicted octanol–water partition coefficient (Wildman–Crippen LogP) is 9.20. The molecule has 2 aliphatic heterocycles. The number of benzene rings is 2. The van der Waals surface area contributed by atoms with Gasteiger partial charge in [0.1, 0.15) is 0 Å². The van der Waals surface area contributed by atoms with Gasteiger partial charge in [0.2, 0.25) is 5.91 Å². The van der Waals surface area contributed by atoms with Crippen molar-refractivity contribution in [1.29, 1.82) is 0 Å². The van der Waals surface area contributed by atoms with E-state index in [4.69, 9.17) is 4.98 Å². The van der Waals surface area contributed by atoms with Crippen molar-refractivity contribution in [2.24, 2.45) is 0 Å². The summed E-state index contributed by atoms with van der Waals surface area (Å²) in [5.74, 6) is 2.16. The number of urea groups is 1. The highest BCUT2D eigenvalue weighted by atomic mass is 16.2. The normalized spacial score (nSPS) is 12.9. The highest BCUT2D eigenvalue weighted by Gasteiger charge is 2.26. The molecule has 3 N–H and O–H groups in total. The van der Waals surface area contributed by atoms with Crippen LogP contribution in [0.1, 0.15) is 70.7 Å². The Balaban J connectivity index is 0.000000716. The first-order valence-electron chi connectivity index (χ1n) is 19.7. The van der Waals surface area contributed by atoms with Crippen molar-refractivity contribution in [2.45, 2.75) is 66.5 Å². The van der Waals surface area contributed by atoms with E-state index in [1.54, 1.807) is 21.0 Å². The molecular weight excluding hydrogens is 707 g/mol. The molecule has 5 rings (SSSR count). The minimum Gasteiger partial charge on any atom is -0.362 e. The number of likely N-dealkylation sites (N-methyl/N-ethyl adjacent to an activating group) is 2. The third-order valence-electron chi connectivity index (χ3n) is 8.65. The summed E-state index contributed by atoms with van der Waals surface area (Å²) in [6.45, 7) is 24.4. The average molecular weight is 774 g/mol. The van der Waals surface area contributed by atoms with Crippen molar-refractivity contribution in [3.05, 3.63) is 127 Å². The lowest BCUT2D eigenvalue weighted by atomic mass is 9.94. The first-order chi connectivity index (χ1) is 27.5. The van der Waals surface area contributed by atoms with E-state index in [1.165, 1.54) is 5.56 Å². The summed E-state index contributed by atoms with van der Waals surface area (Å²) < 4.78 is 0. The number of amides is 3. The molecule has 9 heteroatoms. The minimum absolute atomic E-state index is 0.0427. The molecule has 0 saturated carbocycles. The minimum atomic E-state index is -0.0892. The van der Waals surface area contributed by atoms with Crippen LogP contribution < -0.4 is 16.0 Å². The van der Waals surface area contributed by atoms with Crippen LogP contribution in [-0.4, -0.2) is 85.5 Å². The number of carbonyl (C=O) groups is 2. The topological polar surface area (TPSA) is 92.8 Å². The number of piperidine rings is 1. The van der Waals surface area contributed by atoms with Crippen molar-refractivity contribution in [1.82, 2.24) is 35.6 Å². The average Bonchev–Trinajstić information content (AvgIpc) is 3.24. The summed E-state index contributed by atoms with van der Waals surface area (Å²) in [7, 11) is 7.08. The first kappa shape index (κ1) is 49.3. The number of terminal acetylenes is 1. The van der Waals surface area contributed by atoms with Crippen molar-refractivity contribution >= 4 is 23.7 Å². The Labute approximate surface area is 344 Å². The van der Waals surface area contributed by atoms with Gasteiger partial charge in [-0.15, -0.1) is 18.9 Å². The summed E-state index contributed by atoms with van der Waals surface area (Å²) in [6.07, 6.45) is 17.2. The Hall–Kier alpha value is -5.69. The summed E-state index contributed by atoms with van der Waals surface area (Å²) >= 11 is 0. The number of carbonyl (C=O) groups excluding carboxylic acids is 2. The van der Waals surface area contributed by atoms with Gasteiger partial charge in [-0.2, -0.15) is 0 Å². The highest BCUT2D eigenvalue weighted by Crippen LogP contribution is 2.35. The molecule has 0 bridgehead atoms. The molecule has 3 amide bonds. The van der Waals surface area contributed by atoms with E-state index < -0.39 is 0 Å². The van der Waals surface area contributed by atoms with Gasteiger partial charge in [-0.3, -0.25) is 14.6 Å². The molecule has 0 spiro atoms. The molecule has 57 heavy (non-hydrogen) atoms. The number of allylic oxidation sites excluding steroid dienone is 2. The van der Waals surface area contributed by atoms with E-state index in [-0.39, 0.29) is 18.0 Å². The number of nitrogens with one attached hydrogen (secondary N) is 3. The van der Waals surface area contributed by atoms with E-state index in [0.717, 1.165) is 78.2 Å². The standard InChI is InChI=1S/C32H35N5O.C7H14N2O.C4H8.C3H4.C2H6/c1-4-18-37(32(38)33-3)27-15-19-36(20-16-27)22-24-10-12-26(13-11-24)31-29(25-8-6-5-7-9-25)21-28-23(2)34-17-14-30(28)35-31;1-6(5-9(3)4)7(10)8-2;1-3-4-2;1-3-2;1-2/h4-14,17-18,21,27,34H,2,15-16,19-20,22H2,1,3H3,(H,33,38);1,5H2,2-4H3,(H,8,10);3H,1,4H2,2H3;1H,2H3;1-2H3/b18-4+;;;;. The third kappa shape index (κ3) is 16.5. The van der Waals surface area contributed by atoms with Crippen LogP contribution in [0.3, 0.4) is 0 Å². The van der Waals surface area contributed by atoms with Crippen LogP contribution in [0.15, 0.2) is 111 Å². The maximum Gasteiger partial charge on any atom is 0.321 e. The molecule has 3 aromatic rings. The van der Waals surface area contributed by atoms with Gasteiger partial charge in [-0.1, -0.05) is 101 Å². The molecule has 9 nitrogen and oxygen atoms in total. The van der Waals surface area contributed by atoms with Crippen LogP contribution in [0.4, 0.5) is 4.79 Å². The zero-order chi connectivity index (χ0) is 42.8. The molecule has 2 aromatic carbocycles. The molecule has 1 saturated heterocycles. The van der Waals surface area contributed by atoms with E-state index in [0.29, 0.717) is 12.1 Å². The van der Waals surface area contributed by atoms with Crippen LogP contribution in [0, 0.1) is 12.3 Å². The Morgan fingerprint density at radius 3 is 2.12 bits per heavy atom. The first-order valence-corrected chi connectivity index (χ1v) is 19.7. The van der Waals surface area contributed by atoms with Gasteiger partial charge in [0.05, 0.1) is 11.4 Å². The molecule has 3 heterocycles. The summed E-state index contributed by atoms with van der Waals surface area (Å²) in [5, 5.41) is 8.46. The van der Waals surface area contributed by atoms with Crippen LogP contribution >= 0.6 is 0 Å². The second-order valence-corrected chi connectivity index (χ2v) is 13.2. The Bertz CT molecular complexity index is 1800. The summed E-state index contributed by atoms with van der Waals surface area (Å²) in [4.78, 5) is 34.4. The zero-order valence-electron chi connectivity index (χ0n) is 36.0. The molecule has 0 unspecified atom stereocenters. The Kier molecular flexibility index (Phi) is 24.1. The second kappa shape index (κ2) is 27.8. The highest BCUT2D eigenvalue weighted by molar-refractivity contribution is 5.93.